The number of nitrogens with zero attached hydrogens (tertiary/aromatic N) is 1. The molecule has 1 atom stereocenters. The van der Waals surface area contributed by atoms with Crippen molar-refractivity contribution in [1.29, 1.82) is 0 Å². The number of rotatable bonds is 9. The van der Waals surface area contributed by atoms with Crippen molar-refractivity contribution in [1.82, 2.24) is 0 Å². The van der Waals surface area contributed by atoms with Crippen LogP contribution in [-0.2, 0) is 9.59 Å². The number of hydrogen-bond acceptors (Lipinski definition) is 7. The molecule has 0 saturated carbocycles. The molecule has 36 heavy (non-hydrogen) atoms. The highest BCUT2D eigenvalue weighted by Crippen LogP contribution is 2.44. The molecular weight excluding hydrogens is 462 g/mol. The van der Waals surface area contributed by atoms with Crippen molar-refractivity contribution in [3.05, 3.63) is 77.3 Å². The maximum absolute atomic E-state index is 13.4. The third-order valence-corrected chi connectivity index (χ3v) is 5.72. The number of carbonyl (C=O) groups excluding carboxylic acids is 2. The predicted molar refractivity (Wildman–Crippen MR) is 135 cm³/mol. The monoisotopic (exact) mass is 491 g/mol. The molecule has 0 radical (unpaired) electrons. The van der Waals surface area contributed by atoms with Crippen molar-refractivity contribution in [2.24, 2.45) is 0 Å². The van der Waals surface area contributed by atoms with Gasteiger partial charge in [-0.25, -0.2) is 0 Å². The molecule has 1 fully saturated rings. The first kappa shape index (κ1) is 24.9. The van der Waals surface area contributed by atoms with Crippen LogP contribution >= 0.6 is 0 Å². The lowest BCUT2D eigenvalue weighted by Gasteiger charge is -2.24. The third kappa shape index (κ3) is 4.66. The number of Topliss-reactive ketones (excluding diaryl/α,β-unsaturated/α-hetero) is 1. The van der Waals surface area contributed by atoms with Gasteiger partial charge in [0.2, 0.25) is 0 Å². The van der Waals surface area contributed by atoms with Crippen LogP contribution < -0.4 is 19.1 Å². The number of carbonyl (C=O) groups is 2. The maximum atomic E-state index is 13.4. The number of amides is 1. The minimum Gasteiger partial charge on any atom is -0.507 e. The summed E-state index contributed by atoms with van der Waals surface area (Å²) < 4.78 is 22.7. The van der Waals surface area contributed by atoms with E-state index in [-0.39, 0.29) is 16.9 Å². The Balaban J connectivity index is 1.88. The molecule has 188 valence electrons. The number of aliphatic hydroxyl groups is 1. The van der Waals surface area contributed by atoms with Crippen LogP contribution in [0.15, 0.2) is 64.6 Å². The Kier molecular flexibility index (Phi) is 7.33. The normalized spacial score (nSPS) is 16.9. The summed E-state index contributed by atoms with van der Waals surface area (Å²) in [4.78, 5) is 28.0. The lowest BCUT2D eigenvalue weighted by molar-refractivity contribution is -0.132. The Morgan fingerprint density at radius 1 is 0.889 bits per heavy atom. The van der Waals surface area contributed by atoms with E-state index in [1.54, 1.807) is 61.5 Å². The summed E-state index contributed by atoms with van der Waals surface area (Å²) in [6.07, 6.45) is 0. The fourth-order valence-electron chi connectivity index (χ4n) is 4.21. The van der Waals surface area contributed by atoms with Gasteiger partial charge in [0.1, 0.15) is 40.6 Å². The SMILES string of the molecule is CCOc1ccc(N2C(=O)C(=O)/C(=C(\O)c3ccc(OCC)cc3OCC)C2c2ccc(C)o2)cc1. The second-order valence-electron chi connectivity index (χ2n) is 8.07. The van der Waals surface area contributed by atoms with Crippen LogP contribution in [0.3, 0.4) is 0 Å². The van der Waals surface area contributed by atoms with Crippen molar-refractivity contribution in [2.75, 3.05) is 24.7 Å². The van der Waals surface area contributed by atoms with Gasteiger partial charge in [0.25, 0.3) is 11.7 Å². The number of aliphatic hydroxyl groups excluding tert-OH is 1. The molecule has 1 amide bonds. The van der Waals surface area contributed by atoms with E-state index in [1.165, 1.54) is 4.90 Å². The second kappa shape index (κ2) is 10.6. The Morgan fingerprint density at radius 3 is 2.14 bits per heavy atom. The summed E-state index contributed by atoms with van der Waals surface area (Å²) in [6.45, 7) is 8.61. The lowest BCUT2D eigenvalue weighted by atomic mass is 9.98. The van der Waals surface area contributed by atoms with Crippen LogP contribution in [0.5, 0.6) is 17.2 Å². The van der Waals surface area contributed by atoms with E-state index in [0.29, 0.717) is 54.3 Å². The summed E-state index contributed by atoms with van der Waals surface area (Å²) >= 11 is 0. The van der Waals surface area contributed by atoms with Gasteiger partial charge in [-0.3, -0.25) is 14.5 Å². The number of aryl methyl sites for hydroxylation is 1. The largest absolute Gasteiger partial charge is 0.507 e. The highest BCUT2D eigenvalue weighted by molar-refractivity contribution is 6.51. The predicted octanol–water partition coefficient (Wildman–Crippen LogP) is 5.41. The molecule has 0 spiro atoms. The van der Waals surface area contributed by atoms with Gasteiger partial charge >= 0.3 is 0 Å². The van der Waals surface area contributed by atoms with Gasteiger partial charge in [-0.15, -0.1) is 0 Å². The van der Waals surface area contributed by atoms with Gasteiger partial charge in [0.15, 0.2) is 0 Å². The molecule has 3 aromatic rings. The highest BCUT2D eigenvalue weighted by Gasteiger charge is 2.48. The van der Waals surface area contributed by atoms with Crippen LogP contribution in [0.25, 0.3) is 5.76 Å². The van der Waals surface area contributed by atoms with Crippen LogP contribution in [0.1, 0.15) is 43.9 Å². The molecule has 1 aromatic heterocycles. The van der Waals surface area contributed by atoms with Gasteiger partial charge in [0, 0.05) is 11.8 Å². The smallest absolute Gasteiger partial charge is 0.300 e. The summed E-state index contributed by atoms with van der Waals surface area (Å²) in [5.74, 6) is 0.546. The first-order valence-corrected chi connectivity index (χ1v) is 11.9. The number of hydrogen-bond donors (Lipinski definition) is 1. The van der Waals surface area contributed by atoms with Gasteiger partial charge in [-0.2, -0.15) is 0 Å². The number of anilines is 1. The Hall–Kier alpha value is -4.20. The molecule has 2 heterocycles. The van der Waals surface area contributed by atoms with E-state index < -0.39 is 17.7 Å². The zero-order valence-electron chi connectivity index (χ0n) is 20.7. The van der Waals surface area contributed by atoms with Gasteiger partial charge in [-0.1, -0.05) is 0 Å². The molecule has 1 aliphatic rings. The number of benzene rings is 2. The van der Waals surface area contributed by atoms with Crippen molar-refractivity contribution < 1.29 is 33.3 Å². The average Bonchev–Trinajstić information content (AvgIpc) is 3.41. The topological polar surface area (TPSA) is 98.4 Å². The summed E-state index contributed by atoms with van der Waals surface area (Å²) in [5, 5.41) is 11.5. The molecule has 1 aliphatic heterocycles. The standard InChI is InChI=1S/C28H29NO7/c1-5-33-19-11-9-18(10-12-19)29-25(22-15-8-17(4)36-22)24(27(31)28(29)32)26(30)21-14-13-20(34-6-2)16-23(21)35-7-3/h8-16,25,30H,5-7H2,1-4H3/b26-24-. The maximum Gasteiger partial charge on any atom is 0.300 e. The van der Waals surface area contributed by atoms with Crippen molar-refractivity contribution in [3.63, 3.8) is 0 Å². The molecule has 8 nitrogen and oxygen atoms in total. The third-order valence-electron chi connectivity index (χ3n) is 5.72. The number of furan rings is 1. The number of ether oxygens (including phenoxy) is 3. The van der Waals surface area contributed by atoms with Crippen molar-refractivity contribution >= 4 is 23.1 Å². The second-order valence-corrected chi connectivity index (χ2v) is 8.07. The minimum atomic E-state index is -0.974. The Bertz CT molecular complexity index is 1290. The van der Waals surface area contributed by atoms with Gasteiger partial charge < -0.3 is 23.7 Å². The molecule has 0 aliphatic carbocycles. The quantitative estimate of drug-likeness (QED) is 0.243. The van der Waals surface area contributed by atoms with E-state index in [9.17, 15) is 14.7 Å². The van der Waals surface area contributed by atoms with Gasteiger partial charge in [-0.05, 0) is 76.2 Å². The first-order chi connectivity index (χ1) is 17.4. The van der Waals surface area contributed by atoms with Crippen molar-refractivity contribution in [2.45, 2.75) is 33.7 Å². The zero-order valence-corrected chi connectivity index (χ0v) is 20.7. The summed E-state index contributed by atoms with van der Waals surface area (Å²) in [5.41, 5.74) is 0.655. The van der Waals surface area contributed by atoms with Crippen molar-refractivity contribution in [3.8, 4) is 17.2 Å². The van der Waals surface area contributed by atoms with Crippen LogP contribution in [0.2, 0.25) is 0 Å². The summed E-state index contributed by atoms with van der Waals surface area (Å²) in [6, 6.07) is 14.2. The molecular formula is C28H29NO7. The van der Waals surface area contributed by atoms with Crippen LogP contribution in [0, 0.1) is 6.92 Å². The summed E-state index contributed by atoms with van der Waals surface area (Å²) in [7, 11) is 0. The van der Waals surface area contributed by atoms with E-state index >= 15 is 0 Å². The minimum absolute atomic E-state index is 0.0895. The van der Waals surface area contributed by atoms with Crippen LogP contribution in [-0.4, -0.2) is 36.6 Å². The molecule has 4 rings (SSSR count). The molecule has 8 heteroatoms. The van der Waals surface area contributed by atoms with E-state index in [0.717, 1.165) is 0 Å². The molecule has 1 saturated heterocycles. The zero-order chi connectivity index (χ0) is 25.8. The highest BCUT2D eigenvalue weighted by atomic mass is 16.5. The van der Waals surface area contributed by atoms with E-state index in [1.807, 2.05) is 20.8 Å². The fourth-order valence-corrected chi connectivity index (χ4v) is 4.21. The first-order valence-electron chi connectivity index (χ1n) is 11.9. The molecule has 1 N–H and O–H groups in total. The van der Waals surface area contributed by atoms with Gasteiger partial charge in [0.05, 0.1) is 31.0 Å². The Morgan fingerprint density at radius 2 is 1.53 bits per heavy atom. The Labute approximate surface area is 209 Å². The van der Waals surface area contributed by atoms with E-state index in [4.69, 9.17) is 18.6 Å². The average molecular weight is 492 g/mol. The molecule has 0 bridgehead atoms. The molecule has 1 unspecified atom stereocenters. The lowest BCUT2D eigenvalue weighted by Crippen LogP contribution is -2.29. The van der Waals surface area contributed by atoms with Crippen LogP contribution in [0.4, 0.5) is 5.69 Å². The van der Waals surface area contributed by atoms with E-state index in [2.05, 4.69) is 0 Å². The molecule has 2 aromatic carbocycles. The number of ketones is 1. The fraction of sp³-hybridized carbons (Fsp3) is 0.286.